The van der Waals surface area contributed by atoms with Gasteiger partial charge < -0.3 is 15.0 Å². The zero-order valence-corrected chi connectivity index (χ0v) is 19.5. The number of carbonyl (C=O) groups excluding carboxylic acids is 2. The van der Waals surface area contributed by atoms with Gasteiger partial charge in [0, 0.05) is 19.0 Å². The number of aryl methyl sites for hydroxylation is 1. The van der Waals surface area contributed by atoms with E-state index < -0.39 is 6.04 Å². The molecule has 0 spiro atoms. The molecule has 1 N–H and O–H groups in total. The summed E-state index contributed by atoms with van der Waals surface area (Å²) in [4.78, 5) is 28.4. The highest BCUT2D eigenvalue weighted by atomic mass is 16.5. The van der Waals surface area contributed by atoms with Crippen LogP contribution in [0.5, 0.6) is 5.75 Å². The summed E-state index contributed by atoms with van der Waals surface area (Å²) in [6, 6.07) is 26.3. The number of carbonyl (C=O) groups is 2. The van der Waals surface area contributed by atoms with E-state index in [1.165, 1.54) is 0 Å². The quantitative estimate of drug-likeness (QED) is 0.500. The van der Waals surface area contributed by atoms with Crippen LogP contribution in [-0.2, 0) is 22.6 Å². The highest BCUT2D eigenvalue weighted by molar-refractivity contribution is 5.88. The van der Waals surface area contributed by atoms with Gasteiger partial charge in [0.15, 0.2) is 6.61 Å². The third-order valence-corrected chi connectivity index (χ3v) is 5.24. The summed E-state index contributed by atoms with van der Waals surface area (Å²) >= 11 is 0. The maximum Gasteiger partial charge on any atom is 0.261 e. The highest BCUT2D eigenvalue weighted by Crippen LogP contribution is 2.17. The van der Waals surface area contributed by atoms with E-state index in [0.717, 1.165) is 16.7 Å². The van der Waals surface area contributed by atoms with Gasteiger partial charge in [-0.3, -0.25) is 9.59 Å². The summed E-state index contributed by atoms with van der Waals surface area (Å²) in [7, 11) is 0. The van der Waals surface area contributed by atoms with E-state index in [0.29, 0.717) is 18.7 Å². The molecule has 1 atom stereocenters. The Labute approximate surface area is 196 Å². The second-order valence-corrected chi connectivity index (χ2v) is 8.48. The van der Waals surface area contributed by atoms with Crippen LogP contribution in [0.3, 0.4) is 0 Å². The molecule has 3 rings (SSSR count). The summed E-state index contributed by atoms with van der Waals surface area (Å²) in [5.74, 6) is 0.211. The third-order valence-electron chi connectivity index (χ3n) is 5.24. The third kappa shape index (κ3) is 7.49. The lowest BCUT2D eigenvalue weighted by Crippen LogP contribution is -2.52. The predicted octanol–water partition coefficient (Wildman–Crippen LogP) is 4.54. The number of benzene rings is 3. The zero-order chi connectivity index (χ0) is 23.6. The van der Waals surface area contributed by atoms with Crippen molar-refractivity contribution in [2.75, 3.05) is 6.61 Å². The molecule has 3 aromatic carbocycles. The van der Waals surface area contributed by atoms with Crippen LogP contribution in [0.25, 0.3) is 0 Å². The first-order chi connectivity index (χ1) is 15.9. The molecule has 0 aliphatic carbocycles. The van der Waals surface area contributed by atoms with Crippen LogP contribution in [0.2, 0.25) is 0 Å². The van der Waals surface area contributed by atoms with Gasteiger partial charge in [-0.1, -0.05) is 78.4 Å². The maximum absolute atomic E-state index is 13.4. The summed E-state index contributed by atoms with van der Waals surface area (Å²) in [6.07, 6.45) is 0.419. The lowest BCUT2D eigenvalue weighted by Gasteiger charge is -2.32. The van der Waals surface area contributed by atoms with Crippen molar-refractivity contribution in [2.45, 2.75) is 45.8 Å². The maximum atomic E-state index is 13.4. The van der Waals surface area contributed by atoms with Crippen LogP contribution in [0.1, 0.15) is 30.5 Å². The largest absolute Gasteiger partial charge is 0.484 e. The fourth-order valence-electron chi connectivity index (χ4n) is 3.69. The molecule has 0 unspecified atom stereocenters. The van der Waals surface area contributed by atoms with Gasteiger partial charge in [0.2, 0.25) is 5.91 Å². The number of hydrogen-bond donors (Lipinski definition) is 1. The van der Waals surface area contributed by atoms with E-state index in [2.05, 4.69) is 5.32 Å². The molecule has 0 saturated carbocycles. The minimum Gasteiger partial charge on any atom is -0.484 e. The van der Waals surface area contributed by atoms with Gasteiger partial charge in [-0.15, -0.1) is 0 Å². The lowest BCUT2D eigenvalue weighted by atomic mass is 10.0. The molecule has 0 heterocycles. The number of para-hydroxylation sites is 1. The first-order valence-corrected chi connectivity index (χ1v) is 11.3. The molecule has 0 aromatic heterocycles. The number of nitrogens with zero attached hydrogens (tertiary/aromatic N) is 1. The van der Waals surface area contributed by atoms with Crippen molar-refractivity contribution in [3.05, 3.63) is 102 Å². The molecular weight excluding hydrogens is 412 g/mol. The van der Waals surface area contributed by atoms with Crippen molar-refractivity contribution in [2.24, 2.45) is 0 Å². The van der Waals surface area contributed by atoms with Gasteiger partial charge >= 0.3 is 0 Å². The number of rotatable bonds is 10. The average molecular weight is 445 g/mol. The summed E-state index contributed by atoms with van der Waals surface area (Å²) < 4.78 is 5.75. The molecular formula is C28H32N2O3. The van der Waals surface area contributed by atoms with E-state index in [-0.39, 0.29) is 24.5 Å². The van der Waals surface area contributed by atoms with Crippen molar-refractivity contribution in [1.82, 2.24) is 10.2 Å². The fraction of sp³-hybridized carbons (Fsp3) is 0.286. The summed E-state index contributed by atoms with van der Waals surface area (Å²) in [5.41, 5.74) is 3.07. The molecule has 2 amide bonds. The van der Waals surface area contributed by atoms with Crippen molar-refractivity contribution in [3.63, 3.8) is 0 Å². The summed E-state index contributed by atoms with van der Waals surface area (Å²) in [5, 5.41) is 3.00. The molecule has 0 radical (unpaired) electrons. The first kappa shape index (κ1) is 24.1. The monoisotopic (exact) mass is 444 g/mol. The topological polar surface area (TPSA) is 58.6 Å². The SMILES string of the molecule is Cc1cccc(CN(C(=O)COc2ccccc2)[C@H](Cc2ccccc2)C(=O)NC(C)C)c1. The molecule has 5 nitrogen and oxygen atoms in total. The Morgan fingerprint density at radius 2 is 1.52 bits per heavy atom. The molecule has 0 fully saturated rings. The molecule has 0 saturated heterocycles. The number of ether oxygens (including phenoxy) is 1. The predicted molar refractivity (Wildman–Crippen MR) is 131 cm³/mol. The van der Waals surface area contributed by atoms with E-state index in [9.17, 15) is 9.59 Å². The van der Waals surface area contributed by atoms with Crippen LogP contribution in [0, 0.1) is 6.92 Å². The average Bonchev–Trinajstić information content (AvgIpc) is 2.80. The van der Waals surface area contributed by atoms with Gasteiger partial charge in [-0.25, -0.2) is 0 Å². The van der Waals surface area contributed by atoms with Crippen LogP contribution in [0.15, 0.2) is 84.9 Å². The Balaban J connectivity index is 1.90. The van der Waals surface area contributed by atoms with Gasteiger partial charge in [-0.2, -0.15) is 0 Å². The number of nitrogens with one attached hydrogen (secondary N) is 1. The molecule has 172 valence electrons. The smallest absolute Gasteiger partial charge is 0.261 e. The van der Waals surface area contributed by atoms with Crippen LogP contribution in [0.4, 0.5) is 0 Å². The van der Waals surface area contributed by atoms with Gasteiger partial charge in [0.05, 0.1) is 0 Å². The van der Waals surface area contributed by atoms with Crippen LogP contribution < -0.4 is 10.1 Å². The first-order valence-electron chi connectivity index (χ1n) is 11.3. The van der Waals surface area contributed by atoms with E-state index >= 15 is 0 Å². The van der Waals surface area contributed by atoms with Crippen molar-refractivity contribution >= 4 is 11.8 Å². The van der Waals surface area contributed by atoms with Gasteiger partial charge in [0.25, 0.3) is 5.91 Å². The Kier molecular flexibility index (Phi) is 8.64. The Hall–Kier alpha value is -3.60. The Morgan fingerprint density at radius 1 is 0.879 bits per heavy atom. The van der Waals surface area contributed by atoms with E-state index in [1.54, 1.807) is 4.90 Å². The van der Waals surface area contributed by atoms with Crippen molar-refractivity contribution < 1.29 is 14.3 Å². The Bertz CT molecular complexity index is 1040. The number of amides is 2. The molecule has 3 aromatic rings. The van der Waals surface area contributed by atoms with Crippen LogP contribution >= 0.6 is 0 Å². The Morgan fingerprint density at radius 3 is 2.15 bits per heavy atom. The number of hydrogen-bond acceptors (Lipinski definition) is 3. The molecule has 0 aliphatic rings. The van der Waals surface area contributed by atoms with E-state index in [4.69, 9.17) is 4.74 Å². The molecule has 0 aliphatic heterocycles. The molecule has 33 heavy (non-hydrogen) atoms. The summed E-state index contributed by atoms with van der Waals surface area (Å²) in [6.45, 7) is 6.03. The van der Waals surface area contributed by atoms with E-state index in [1.807, 2.05) is 106 Å². The van der Waals surface area contributed by atoms with Crippen LogP contribution in [-0.4, -0.2) is 35.4 Å². The normalized spacial score (nSPS) is 11.6. The highest BCUT2D eigenvalue weighted by Gasteiger charge is 2.31. The van der Waals surface area contributed by atoms with Crippen molar-refractivity contribution in [1.29, 1.82) is 0 Å². The minimum absolute atomic E-state index is 0.0349. The zero-order valence-electron chi connectivity index (χ0n) is 19.5. The van der Waals surface area contributed by atoms with Gasteiger partial charge in [-0.05, 0) is 44.0 Å². The second-order valence-electron chi connectivity index (χ2n) is 8.48. The molecule has 0 bridgehead atoms. The van der Waals surface area contributed by atoms with Crippen molar-refractivity contribution in [3.8, 4) is 5.75 Å². The molecule has 5 heteroatoms. The second kappa shape index (κ2) is 11.9. The van der Waals surface area contributed by atoms with Gasteiger partial charge in [0.1, 0.15) is 11.8 Å². The standard InChI is InChI=1S/C28H32N2O3/c1-21(2)29-28(32)26(18-23-12-6-4-7-13-23)30(19-24-14-10-11-22(3)17-24)27(31)20-33-25-15-8-5-9-16-25/h4-17,21,26H,18-20H2,1-3H3,(H,29,32)/t26-/m1/s1. The minimum atomic E-state index is -0.665. The lowest BCUT2D eigenvalue weighted by molar-refractivity contribution is -0.143. The fourth-order valence-corrected chi connectivity index (χ4v) is 3.69.